The molecule has 2 heterocycles. The molecule has 5 nitrogen and oxygen atoms in total. The Morgan fingerprint density at radius 2 is 2.07 bits per heavy atom. The summed E-state index contributed by atoms with van der Waals surface area (Å²) in [7, 11) is 3.85. The summed E-state index contributed by atoms with van der Waals surface area (Å²) in [5, 5.41) is 16.0. The number of aromatic nitrogens is 1. The van der Waals surface area contributed by atoms with Crippen LogP contribution < -0.4 is 5.32 Å². The Hall–Kier alpha value is -1.56. The van der Waals surface area contributed by atoms with Crippen LogP contribution in [0.1, 0.15) is 56.2 Å². The predicted molar refractivity (Wildman–Crippen MR) is 122 cm³/mol. The van der Waals surface area contributed by atoms with Crippen LogP contribution >= 0.6 is 11.6 Å². The summed E-state index contributed by atoms with van der Waals surface area (Å²) in [5.74, 6) is 0.139. The van der Waals surface area contributed by atoms with E-state index in [1.54, 1.807) is 7.05 Å². The molecule has 6 heteroatoms. The maximum absolute atomic E-state index is 12.3. The van der Waals surface area contributed by atoms with E-state index in [9.17, 15) is 9.90 Å². The van der Waals surface area contributed by atoms with Gasteiger partial charge in [0.2, 0.25) is 5.91 Å². The molecule has 1 fully saturated rings. The molecule has 1 aliphatic heterocycles. The third-order valence-electron chi connectivity index (χ3n) is 7.06. The van der Waals surface area contributed by atoms with Gasteiger partial charge in [-0.25, -0.2) is 0 Å². The summed E-state index contributed by atoms with van der Waals surface area (Å²) >= 11 is 6.33. The third kappa shape index (κ3) is 4.53. The lowest BCUT2D eigenvalue weighted by molar-refractivity contribution is -0.122. The van der Waals surface area contributed by atoms with Crippen molar-refractivity contribution < 1.29 is 9.90 Å². The van der Waals surface area contributed by atoms with Crippen LogP contribution in [-0.2, 0) is 24.3 Å². The summed E-state index contributed by atoms with van der Waals surface area (Å²) in [6, 6.07) is 6.15. The number of rotatable bonds is 6. The molecule has 0 bridgehead atoms. The fourth-order valence-electron chi connectivity index (χ4n) is 5.53. The van der Waals surface area contributed by atoms with Crippen molar-refractivity contribution in [1.29, 1.82) is 0 Å². The second kappa shape index (κ2) is 8.89. The molecule has 1 atom stereocenters. The van der Waals surface area contributed by atoms with Crippen molar-refractivity contribution in [2.75, 3.05) is 20.6 Å². The summed E-state index contributed by atoms with van der Waals surface area (Å²) < 4.78 is 2.40. The normalized spacial score (nSPS) is 20.1. The van der Waals surface area contributed by atoms with Gasteiger partial charge in [-0.15, -0.1) is 0 Å². The lowest BCUT2D eigenvalue weighted by Crippen LogP contribution is -2.37. The molecule has 1 aliphatic carbocycles. The monoisotopic (exact) mass is 431 g/mol. The van der Waals surface area contributed by atoms with Crippen molar-refractivity contribution in [3.05, 3.63) is 34.5 Å². The van der Waals surface area contributed by atoms with E-state index >= 15 is 0 Å². The van der Waals surface area contributed by atoms with Crippen LogP contribution in [0.5, 0.6) is 0 Å². The number of benzene rings is 1. The van der Waals surface area contributed by atoms with Gasteiger partial charge in [0.1, 0.15) is 0 Å². The van der Waals surface area contributed by atoms with E-state index in [2.05, 4.69) is 34.0 Å². The van der Waals surface area contributed by atoms with Crippen molar-refractivity contribution in [3.8, 4) is 0 Å². The van der Waals surface area contributed by atoms with Crippen molar-refractivity contribution in [2.24, 2.45) is 5.92 Å². The zero-order chi connectivity index (χ0) is 21.3. The Bertz CT molecular complexity index is 917. The summed E-state index contributed by atoms with van der Waals surface area (Å²) in [5.41, 5.74) is 3.27. The van der Waals surface area contributed by atoms with Crippen molar-refractivity contribution in [3.63, 3.8) is 0 Å². The molecule has 1 amide bonds. The van der Waals surface area contributed by atoms with Gasteiger partial charge in [0.05, 0.1) is 5.60 Å². The lowest BCUT2D eigenvalue weighted by Gasteiger charge is -2.35. The number of amides is 1. The fraction of sp³-hybridized carbons (Fsp3) is 0.625. The first-order chi connectivity index (χ1) is 14.4. The van der Waals surface area contributed by atoms with E-state index in [-0.39, 0.29) is 11.8 Å². The lowest BCUT2D eigenvalue weighted by atomic mass is 9.78. The molecule has 2 aliphatic rings. The summed E-state index contributed by atoms with van der Waals surface area (Å²) in [6.07, 6.45) is 7.18. The number of hydrogen-bond donors (Lipinski definition) is 2. The highest BCUT2D eigenvalue weighted by atomic mass is 35.5. The van der Waals surface area contributed by atoms with Crippen molar-refractivity contribution in [1.82, 2.24) is 14.8 Å². The van der Waals surface area contributed by atoms with Crippen LogP contribution in [-0.4, -0.2) is 46.7 Å². The standard InChI is InChI=1S/C24H34ClN3O2/c1-26-23(29)12-17(14-24(30)9-4-3-5-10-24)15-28-21-7-6-18(25)13-20(21)19-8-11-27(2)16-22(19)28/h6-7,13,17,30H,3-5,8-12,14-16H2,1-2H3,(H,26,29). The Labute approximate surface area is 184 Å². The molecule has 2 aromatic rings. The van der Waals surface area contributed by atoms with E-state index in [1.165, 1.54) is 28.6 Å². The molecule has 1 saturated carbocycles. The second-order valence-corrected chi connectivity index (χ2v) is 9.85. The maximum Gasteiger partial charge on any atom is 0.220 e. The van der Waals surface area contributed by atoms with Gasteiger partial charge in [0.25, 0.3) is 0 Å². The van der Waals surface area contributed by atoms with E-state index in [1.807, 2.05) is 6.07 Å². The minimum absolute atomic E-state index is 0.0462. The Balaban J connectivity index is 1.69. The first kappa shape index (κ1) is 21.7. The highest BCUT2D eigenvalue weighted by Gasteiger charge is 2.34. The zero-order valence-electron chi connectivity index (χ0n) is 18.2. The number of likely N-dealkylation sites (N-methyl/N-ethyl adjacent to an activating group) is 1. The second-order valence-electron chi connectivity index (χ2n) is 9.42. The fourth-order valence-corrected chi connectivity index (χ4v) is 5.70. The van der Waals surface area contributed by atoms with Crippen LogP contribution in [0.2, 0.25) is 5.02 Å². The van der Waals surface area contributed by atoms with Gasteiger partial charge in [-0.1, -0.05) is 30.9 Å². The maximum atomic E-state index is 12.3. The van der Waals surface area contributed by atoms with E-state index < -0.39 is 5.60 Å². The smallest absolute Gasteiger partial charge is 0.220 e. The van der Waals surface area contributed by atoms with Gasteiger partial charge in [-0.05, 0) is 62.4 Å². The van der Waals surface area contributed by atoms with Crippen LogP contribution in [0.3, 0.4) is 0 Å². The highest BCUT2D eigenvalue weighted by molar-refractivity contribution is 6.31. The predicted octanol–water partition coefficient (Wildman–Crippen LogP) is 4.12. The number of fused-ring (bicyclic) bond motifs is 3. The van der Waals surface area contributed by atoms with Gasteiger partial charge in [0, 0.05) is 54.7 Å². The number of carbonyl (C=O) groups is 1. The molecule has 4 rings (SSSR count). The average Bonchev–Trinajstić information content (AvgIpc) is 3.00. The minimum atomic E-state index is -0.639. The van der Waals surface area contributed by atoms with Gasteiger partial charge in [-0.3, -0.25) is 4.79 Å². The highest BCUT2D eigenvalue weighted by Crippen LogP contribution is 2.37. The summed E-state index contributed by atoms with van der Waals surface area (Å²) in [6.45, 7) is 2.69. The molecular formula is C24H34ClN3O2. The van der Waals surface area contributed by atoms with E-state index in [0.29, 0.717) is 12.8 Å². The molecular weight excluding hydrogens is 398 g/mol. The van der Waals surface area contributed by atoms with Gasteiger partial charge < -0.3 is 19.9 Å². The Kier molecular flexibility index (Phi) is 6.42. The molecule has 0 saturated heterocycles. The third-order valence-corrected chi connectivity index (χ3v) is 7.29. The van der Waals surface area contributed by atoms with Gasteiger partial charge >= 0.3 is 0 Å². The van der Waals surface area contributed by atoms with Gasteiger partial charge in [0.15, 0.2) is 0 Å². The number of carbonyl (C=O) groups excluding carboxylic acids is 1. The van der Waals surface area contributed by atoms with E-state index in [4.69, 9.17) is 11.6 Å². The van der Waals surface area contributed by atoms with Crippen molar-refractivity contribution >= 4 is 28.4 Å². The van der Waals surface area contributed by atoms with Crippen LogP contribution in [0.4, 0.5) is 0 Å². The summed E-state index contributed by atoms with van der Waals surface area (Å²) in [4.78, 5) is 14.7. The number of nitrogens with zero attached hydrogens (tertiary/aromatic N) is 2. The van der Waals surface area contributed by atoms with Crippen LogP contribution in [0, 0.1) is 5.92 Å². The molecule has 0 radical (unpaired) electrons. The Morgan fingerprint density at radius 1 is 1.30 bits per heavy atom. The largest absolute Gasteiger partial charge is 0.390 e. The number of nitrogens with one attached hydrogen (secondary N) is 1. The topological polar surface area (TPSA) is 57.5 Å². The number of aliphatic hydroxyl groups is 1. The molecule has 2 N–H and O–H groups in total. The van der Waals surface area contributed by atoms with Crippen LogP contribution in [0.15, 0.2) is 18.2 Å². The first-order valence-corrected chi connectivity index (χ1v) is 11.7. The van der Waals surface area contributed by atoms with Gasteiger partial charge in [-0.2, -0.15) is 0 Å². The number of hydrogen-bond acceptors (Lipinski definition) is 3. The molecule has 164 valence electrons. The average molecular weight is 432 g/mol. The number of halogens is 1. The quantitative estimate of drug-likeness (QED) is 0.723. The molecule has 1 aromatic heterocycles. The van der Waals surface area contributed by atoms with Crippen LogP contribution in [0.25, 0.3) is 10.9 Å². The van der Waals surface area contributed by atoms with Crippen molar-refractivity contribution in [2.45, 2.75) is 70.1 Å². The molecule has 1 aromatic carbocycles. The molecule has 1 unspecified atom stereocenters. The first-order valence-electron chi connectivity index (χ1n) is 11.3. The minimum Gasteiger partial charge on any atom is -0.390 e. The van der Waals surface area contributed by atoms with E-state index in [0.717, 1.165) is 56.8 Å². The Morgan fingerprint density at radius 3 is 2.80 bits per heavy atom. The SMILES string of the molecule is CNC(=O)CC(Cn1c2c(c3cc(Cl)ccc31)CCN(C)C2)CC1(O)CCCCC1. The zero-order valence-corrected chi connectivity index (χ0v) is 19.0. The molecule has 0 spiro atoms. The molecule has 30 heavy (non-hydrogen) atoms.